The average Bonchev–Trinajstić information content (AvgIpc) is 2.66. The number of nitrogens with one attached hydrogen (secondary N) is 1. The molecule has 0 atom stereocenters. The Hall–Kier alpha value is -3.28. The van der Waals surface area contributed by atoms with Gasteiger partial charge in [-0.3, -0.25) is 4.79 Å². The average molecular weight is 364 g/mol. The van der Waals surface area contributed by atoms with Gasteiger partial charge in [0.25, 0.3) is 0 Å². The third-order valence-electron chi connectivity index (χ3n) is 4.10. The number of aryl methyl sites for hydroxylation is 1. The van der Waals surface area contributed by atoms with E-state index in [2.05, 4.69) is 21.6 Å². The highest BCUT2D eigenvalue weighted by atomic mass is 19.1. The van der Waals surface area contributed by atoms with E-state index in [0.717, 1.165) is 17.8 Å². The van der Waals surface area contributed by atoms with E-state index in [1.54, 1.807) is 18.2 Å². The fourth-order valence-electron chi connectivity index (χ4n) is 2.78. The van der Waals surface area contributed by atoms with E-state index in [9.17, 15) is 9.18 Å². The van der Waals surface area contributed by atoms with Crippen molar-refractivity contribution < 1.29 is 9.18 Å². The van der Waals surface area contributed by atoms with E-state index in [1.807, 2.05) is 43.0 Å². The first-order chi connectivity index (χ1) is 13.0. The van der Waals surface area contributed by atoms with E-state index >= 15 is 0 Å². The van der Waals surface area contributed by atoms with Crippen molar-refractivity contribution in [2.45, 2.75) is 20.3 Å². The SMILES string of the molecule is CCN(c1cccc(C)c1)c1ccc(NC(=O)Cc2ccc(F)cc2)nn1. The highest BCUT2D eigenvalue weighted by Gasteiger charge is 2.11. The fourth-order valence-corrected chi connectivity index (χ4v) is 2.78. The molecular weight excluding hydrogens is 343 g/mol. The van der Waals surface area contributed by atoms with Crippen molar-refractivity contribution >= 4 is 23.2 Å². The molecule has 2 aromatic carbocycles. The van der Waals surface area contributed by atoms with Gasteiger partial charge in [0.15, 0.2) is 11.6 Å². The van der Waals surface area contributed by atoms with Crippen molar-refractivity contribution in [2.75, 3.05) is 16.8 Å². The van der Waals surface area contributed by atoms with Crippen LogP contribution in [0.15, 0.2) is 60.7 Å². The van der Waals surface area contributed by atoms with Gasteiger partial charge in [0.1, 0.15) is 5.82 Å². The Kier molecular flexibility index (Phi) is 5.76. The van der Waals surface area contributed by atoms with E-state index in [0.29, 0.717) is 11.6 Å². The molecule has 1 amide bonds. The van der Waals surface area contributed by atoms with Crippen LogP contribution in [0.2, 0.25) is 0 Å². The van der Waals surface area contributed by atoms with E-state index in [-0.39, 0.29) is 18.1 Å². The lowest BCUT2D eigenvalue weighted by Crippen LogP contribution is -2.19. The van der Waals surface area contributed by atoms with Crippen LogP contribution in [0, 0.1) is 12.7 Å². The normalized spacial score (nSPS) is 10.5. The van der Waals surface area contributed by atoms with Crippen LogP contribution in [-0.4, -0.2) is 22.6 Å². The lowest BCUT2D eigenvalue weighted by molar-refractivity contribution is -0.115. The van der Waals surface area contributed by atoms with Gasteiger partial charge in [0.2, 0.25) is 5.91 Å². The van der Waals surface area contributed by atoms with Crippen LogP contribution >= 0.6 is 0 Å². The Bertz CT molecular complexity index is 910. The Morgan fingerprint density at radius 2 is 1.85 bits per heavy atom. The van der Waals surface area contributed by atoms with Crippen molar-refractivity contribution in [1.29, 1.82) is 0 Å². The van der Waals surface area contributed by atoms with Crippen LogP contribution in [0.4, 0.5) is 21.7 Å². The number of hydrogen-bond acceptors (Lipinski definition) is 4. The zero-order valence-electron chi connectivity index (χ0n) is 15.3. The summed E-state index contributed by atoms with van der Waals surface area (Å²) in [6.07, 6.45) is 0.147. The van der Waals surface area contributed by atoms with Gasteiger partial charge >= 0.3 is 0 Å². The van der Waals surface area contributed by atoms with E-state index in [4.69, 9.17) is 0 Å². The minimum Gasteiger partial charge on any atom is -0.325 e. The maximum absolute atomic E-state index is 12.9. The summed E-state index contributed by atoms with van der Waals surface area (Å²) in [5, 5.41) is 11.1. The van der Waals surface area contributed by atoms with E-state index < -0.39 is 0 Å². The van der Waals surface area contributed by atoms with Crippen molar-refractivity contribution in [3.05, 3.63) is 77.6 Å². The number of halogens is 1. The molecule has 6 heteroatoms. The number of nitrogens with zero attached hydrogens (tertiary/aromatic N) is 3. The zero-order chi connectivity index (χ0) is 19.2. The third-order valence-corrected chi connectivity index (χ3v) is 4.10. The maximum Gasteiger partial charge on any atom is 0.229 e. The van der Waals surface area contributed by atoms with Gasteiger partial charge < -0.3 is 10.2 Å². The second-order valence-corrected chi connectivity index (χ2v) is 6.21. The summed E-state index contributed by atoms with van der Waals surface area (Å²) >= 11 is 0. The molecule has 1 heterocycles. The fraction of sp³-hybridized carbons (Fsp3) is 0.190. The minimum absolute atomic E-state index is 0.147. The Balaban J connectivity index is 1.67. The molecular formula is C21H21FN4O. The topological polar surface area (TPSA) is 58.1 Å². The van der Waals surface area contributed by atoms with Gasteiger partial charge in [0.05, 0.1) is 6.42 Å². The molecule has 27 heavy (non-hydrogen) atoms. The number of anilines is 3. The molecule has 1 N–H and O–H groups in total. The number of carbonyl (C=O) groups is 1. The van der Waals surface area contributed by atoms with Crippen LogP contribution in [0.25, 0.3) is 0 Å². The first-order valence-corrected chi connectivity index (χ1v) is 8.77. The summed E-state index contributed by atoms with van der Waals surface area (Å²) in [4.78, 5) is 14.2. The zero-order valence-corrected chi connectivity index (χ0v) is 15.3. The smallest absolute Gasteiger partial charge is 0.229 e. The number of rotatable bonds is 6. The standard InChI is InChI=1S/C21H21FN4O/c1-3-26(18-6-4-5-15(2)13-18)20-12-11-19(24-25-20)23-21(27)14-16-7-9-17(22)10-8-16/h4-13H,3,14H2,1-2H3,(H,23,24,27). The highest BCUT2D eigenvalue weighted by molar-refractivity contribution is 5.91. The molecule has 3 aromatic rings. The molecule has 0 aliphatic rings. The Morgan fingerprint density at radius 1 is 1.07 bits per heavy atom. The molecule has 0 saturated heterocycles. The molecule has 0 saturated carbocycles. The monoisotopic (exact) mass is 364 g/mol. The lowest BCUT2D eigenvalue weighted by Gasteiger charge is -2.22. The molecule has 138 valence electrons. The lowest BCUT2D eigenvalue weighted by atomic mass is 10.1. The highest BCUT2D eigenvalue weighted by Crippen LogP contribution is 2.24. The molecule has 0 bridgehead atoms. The van der Waals surface area contributed by atoms with Crippen LogP contribution < -0.4 is 10.2 Å². The summed E-state index contributed by atoms with van der Waals surface area (Å²) in [5.74, 6) is 0.537. The van der Waals surface area contributed by atoms with Gasteiger partial charge in [-0.15, -0.1) is 10.2 Å². The van der Waals surface area contributed by atoms with Crippen LogP contribution in [0.3, 0.4) is 0 Å². The van der Waals surface area contributed by atoms with Crippen LogP contribution in [-0.2, 0) is 11.2 Å². The van der Waals surface area contributed by atoms with Crippen molar-refractivity contribution in [3.8, 4) is 0 Å². The predicted octanol–water partition coefficient (Wildman–Crippen LogP) is 4.26. The first kappa shape index (κ1) is 18.5. The molecule has 0 fully saturated rings. The van der Waals surface area contributed by atoms with Gasteiger partial charge in [0, 0.05) is 12.2 Å². The van der Waals surface area contributed by atoms with Crippen molar-refractivity contribution in [2.24, 2.45) is 0 Å². The summed E-state index contributed by atoms with van der Waals surface area (Å²) < 4.78 is 12.9. The van der Waals surface area contributed by atoms with Gasteiger partial charge in [-0.05, 0) is 61.4 Å². The van der Waals surface area contributed by atoms with Gasteiger partial charge in [-0.25, -0.2) is 4.39 Å². The maximum atomic E-state index is 12.9. The number of benzene rings is 2. The first-order valence-electron chi connectivity index (χ1n) is 8.77. The molecule has 0 spiro atoms. The molecule has 0 radical (unpaired) electrons. The predicted molar refractivity (Wildman–Crippen MR) is 105 cm³/mol. The number of carbonyl (C=O) groups excluding carboxylic acids is 1. The van der Waals surface area contributed by atoms with E-state index in [1.165, 1.54) is 17.7 Å². The molecule has 3 rings (SSSR count). The molecule has 0 aliphatic heterocycles. The summed E-state index contributed by atoms with van der Waals surface area (Å²) in [6, 6.07) is 17.6. The largest absolute Gasteiger partial charge is 0.325 e. The third kappa shape index (κ3) is 4.88. The quantitative estimate of drug-likeness (QED) is 0.710. The van der Waals surface area contributed by atoms with Crippen molar-refractivity contribution in [3.63, 3.8) is 0 Å². The summed E-state index contributed by atoms with van der Waals surface area (Å²) in [7, 11) is 0. The Labute approximate surface area is 157 Å². The number of aromatic nitrogens is 2. The number of hydrogen-bond donors (Lipinski definition) is 1. The van der Waals surface area contributed by atoms with Crippen LogP contribution in [0.1, 0.15) is 18.1 Å². The summed E-state index contributed by atoms with van der Waals surface area (Å²) in [6.45, 7) is 4.83. The molecule has 5 nitrogen and oxygen atoms in total. The van der Waals surface area contributed by atoms with Crippen LogP contribution in [0.5, 0.6) is 0 Å². The van der Waals surface area contributed by atoms with Gasteiger partial charge in [-0.1, -0.05) is 24.3 Å². The number of amides is 1. The molecule has 0 aliphatic carbocycles. The van der Waals surface area contributed by atoms with Crippen molar-refractivity contribution in [1.82, 2.24) is 10.2 Å². The summed E-state index contributed by atoms with van der Waals surface area (Å²) in [5.41, 5.74) is 2.94. The van der Waals surface area contributed by atoms with Gasteiger partial charge in [-0.2, -0.15) is 0 Å². The minimum atomic E-state index is -0.324. The molecule has 1 aromatic heterocycles. The Morgan fingerprint density at radius 3 is 2.48 bits per heavy atom. The molecule has 0 unspecified atom stereocenters. The second kappa shape index (κ2) is 8.40. The second-order valence-electron chi connectivity index (χ2n) is 6.21.